The van der Waals surface area contributed by atoms with Crippen LogP contribution in [0.25, 0.3) is 0 Å². The Kier molecular flexibility index (Phi) is 5.08. The Hall–Kier alpha value is -2.44. The number of aryl methyl sites for hydroxylation is 2. The van der Waals surface area contributed by atoms with E-state index in [1.54, 1.807) is 6.20 Å². The van der Waals surface area contributed by atoms with Gasteiger partial charge in [0.1, 0.15) is 5.82 Å². The molecule has 1 fully saturated rings. The summed E-state index contributed by atoms with van der Waals surface area (Å²) in [5.74, 6) is 2.11. The van der Waals surface area contributed by atoms with Crippen LogP contribution in [0.4, 0.5) is 5.82 Å². The molecule has 2 aromatic rings. The highest BCUT2D eigenvalue weighted by molar-refractivity contribution is 5.78. The fourth-order valence-corrected chi connectivity index (χ4v) is 3.02. The Morgan fingerprint density at radius 1 is 1.25 bits per heavy atom. The van der Waals surface area contributed by atoms with Crippen molar-refractivity contribution in [3.63, 3.8) is 0 Å². The molecule has 128 valence electrons. The second-order valence-corrected chi connectivity index (χ2v) is 6.25. The van der Waals surface area contributed by atoms with Crippen LogP contribution in [0.2, 0.25) is 0 Å². The lowest BCUT2D eigenvalue weighted by atomic mass is 9.96. The molecular weight excluding hydrogens is 304 g/mol. The number of nitrogens with one attached hydrogen (secondary N) is 1. The second-order valence-electron chi connectivity index (χ2n) is 6.25. The van der Waals surface area contributed by atoms with E-state index in [2.05, 4.69) is 25.4 Å². The van der Waals surface area contributed by atoms with Crippen LogP contribution >= 0.6 is 0 Å². The molecule has 3 rings (SSSR count). The molecule has 0 aromatic carbocycles. The van der Waals surface area contributed by atoms with Gasteiger partial charge in [-0.15, -0.1) is 5.10 Å². The SMILES string of the molecule is Cc1ccc(N2CCC(C(=O)NCCn3ccnc3C)CC2)nn1. The third-order valence-corrected chi connectivity index (χ3v) is 4.55. The van der Waals surface area contributed by atoms with Gasteiger partial charge in [0.15, 0.2) is 5.82 Å². The van der Waals surface area contributed by atoms with Crippen molar-refractivity contribution in [3.05, 3.63) is 36.0 Å². The number of imidazole rings is 1. The summed E-state index contributed by atoms with van der Waals surface area (Å²) in [5, 5.41) is 11.4. The topological polar surface area (TPSA) is 75.9 Å². The molecule has 0 unspecified atom stereocenters. The summed E-state index contributed by atoms with van der Waals surface area (Å²) >= 11 is 0. The van der Waals surface area contributed by atoms with Gasteiger partial charge in [-0.25, -0.2) is 4.98 Å². The number of hydrogen-bond acceptors (Lipinski definition) is 5. The standard InChI is InChI=1S/C17H24N6O/c1-13-3-4-16(21-20-13)23-9-5-15(6-10-23)17(24)19-8-12-22-11-7-18-14(22)2/h3-4,7,11,15H,5-6,8-10,12H2,1-2H3,(H,19,24). The van der Waals surface area contributed by atoms with Gasteiger partial charge in [0.2, 0.25) is 5.91 Å². The molecular formula is C17H24N6O. The molecule has 0 aliphatic carbocycles. The summed E-state index contributed by atoms with van der Waals surface area (Å²) in [6, 6.07) is 3.97. The molecule has 3 heterocycles. The molecule has 2 aromatic heterocycles. The van der Waals surface area contributed by atoms with Crippen molar-refractivity contribution >= 4 is 11.7 Å². The quantitative estimate of drug-likeness (QED) is 0.896. The maximum atomic E-state index is 12.3. The third-order valence-electron chi connectivity index (χ3n) is 4.55. The van der Waals surface area contributed by atoms with Crippen LogP contribution in [0, 0.1) is 19.8 Å². The summed E-state index contributed by atoms with van der Waals surface area (Å²) in [7, 11) is 0. The summed E-state index contributed by atoms with van der Waals surface area (Å²) in [6.07, 6.45) is 5.42. The molecule has 1 amide bonds. The minimum absolute atomic E-state index is 0.0866. The zero-order valence-corrected chi connectivity index (χ0v) is 14.3. The predicted molar refractivity (Wildman–Crippen MR) is 91.7 cm³/mol. The lowest BCUT2D eigenvalue weighted by Gasteiger charge is -2.31. The van der Waals surface area contributed by atoms with E-state index in [0.29, 0.717) is 6.54 Å². The molecule has 0 saturated carbocycles. The molecule has 0 atom stereocenters. The summed E-state index contributed by atoms with van der Waals surface area (Å²) < 4.78 is 2.04. The molecule has 7 heteroatoms. The van der Waals surface area contributed by atoms with Crippen LogP contribution < -0.4 is 10.2 Å². The van der Waals surface area contributed by atoms with E-state index < -0.39 is 0 Å². The molecule has 7 nitrogen and oxygen atoms in total. The van der Waals surface area contributed by atoms with Crippen LogP contribution in [-0.2, 0) is 11.3 Å². The lowest BCUT2D eigenvalue weighted by molar-refractivity contribution is -0.125. The van der Waals surface area contributed by atoms with Crippen molar-refractivity contribution in [1.82, 2.24) is 25.1 Å². The molecule has 1 saturated heterocycles. The van der Waals surface area contributed by atoms with E-state index in [0.717, 1.165) is 49.8 Å². The molecule has 0 radical (unpaired) electrons. The van der Waals surface area contributed by atoms with Crippen LogP contribution in [0.15, 0.2) is 24.5 Å². The van der Waals surface area contributed by atoms with Crippen molar-refractivity contribution in [3.8, 4) is 0 Å². The number of nitrogens with zero attached hydrogens (tertiary/aromatic N) is 5. The van der Waals surface area contributed by atoms with E-state index >= 15 is 0 Å². The maximum Gasteiger partial charge on any atom is 0.223 e. The van der Waals surface area contributed by atoms with Crippen molar-refractivity contribution in [1.29, 1.82) is 0 Å². The van der Waals surface area contributed by atoms with Crippen LogP contribution in [0.1, 0.15) is 24.4 Å². The number of amides is 1. The second kappa shape index (κ2) is 7.42. The molecule has 1 aliphatic heterocycles. The Labute approximate surface area is 142 Å². The highest BCUT2D eigenvalue weighted by Crippen LogP contribution is 2.21. The first kappa shape index (κ1) is 16.4. The van der Waals surface area contributed by atoms with Gasteiger partial charge in [-0.05, 0) is 38.8 Å². The van der Waals surface area contributed by atoms with Gasteiger partial charge >= 0.3 is 0 Å². The monoisotopic (exact) mass is 328 g/mol. The van der Waals surface area contributed by atoms with Gasteiger partial charge in [0.05, 0.1) is 5.69 Å². The highest BCUT2D eigenvalue weighted by atomic mass is 16.1. The fraction of sp³-hybridized carbons (Fsp3) is 0.529. The lowest BCUT2D eigenvalue weighted by Crippen LogP contribution is -2.41. The van der Waals surface area contributed by atoms with Gasteiger partial charge in [0.25, 0.3) is 0 Å². The molecule has 0 bridgehead atoms. The smallest absolute Gasteiger partial charge is 0.223 e. The molecule has 1 aliphatic rings. The predicted octanol–water partition coefficient (Wildman–Crippen LogP) is 1.32. The average molecular weight is 328 g/mol. The zero-order chi connectivity index (χ0) is 16.9. The summed E-state index contributed by atoms with van der Waals surface area (Å²) in [6.45, 7) is 6.98. The number of carbonyl (C=O) groups is 1. The van der Waals surface area contributed by atoms with Gasteiger partial charge < -0.3 is 14.8 Å². The van der Waals surface area contributed by atoms with Crippen LogP contribution in [-0.4, -0.2) is 45.3 Å². The number of anilines is 1. The molecule has 1 N–H and O–H groups in total. The van der Waals surface area contributed by atoms with Crippen molar-refractivity contribution in [2.45, 2.75) is 33.2 Å². The zero-order valence-electron chi connectivity index (χ0n) is 14.3. The van der Waals surface area contributed by atoms with E-state index in [-0.39, 0.29) is 11.8 Å². The van der Waals surface area contributed by atoms with E-state index in [4.69, 9.17) is 0 Å². The summed E-state index contributed by atoms with van der Waals surface area (Å²) in [5.41, 5.74) is 0.918. The van der Waals surface area contributed by atoms with E-state index in [1.807, 2.05) is 36.7 Å². The Balaban J connectivity index is 1.43. The largest absolute Gasteiger partial charge is 0.355 e. The number of rotatable bonds is 5. The minimum atomic E-state index is 0.0866. The van der Waals surface area contributed by atoms with E-state index in [1.165, 1.54) is 0 Å². The molecule has 24 heavy (non-hydrogen) atoms. The van der Waals surface area contributed by atoms with E-state index in [9.17, 15) is 4.79 Å². The van der Waals surface area contributed by atoms with Crippen molar-refractivity contribution in [2.75, 3.05) is 24.5 Å². The number of piperidine rings is 1. The fourth-order valence-electron chi connectivity index (χ4n) is 3.02. The van der Waals surface area contributed by atoms with Crippen molar-refractivity contribution in [2.24, 2.45) is 5.92 Å². The number of carbonyl (C=O) groups excluding carboxylic acids is 1. The molecule has 0 spiro atoms. The first-order chi connectivity index (χ1) is 11.6. The normalized spacial score (nSPS) is 15.5. The van der Waals surface area contributed by atoms with Crippen molar-refractivity contribution < 1.29 is 4.79 Å². The van der Waals surface area contributed by atoms with Gasteiger partial charge in [-0.2, -0.15) is 5.10 Å². The summed E-state index contributed by atoms with van der Waals surface area (Å²) in [4.78, 5) is 18.7. The number of hydrogen-bond donors (Lipinski definition) is 1. The highest BCUT2D eigenvalue weighted by Gasteiger charge is 2.25. The van der Waals surface area contributed by atoms with Gasteiger partial charge in [-0.1, -0.05) is 0 Å². The van der Waals surface area contributed by atoms with Crippen LogP contribution in [0.3, 0.4) is 0 Å². The Morgan fingerprint density at radius 2 is 2.04 bits per heavy atom. The maximum absolute atomic E-state index is 12.3. The number of aromatic nitrogens is 4. The first-order valence-corrected chi connectivity index (χ1v) is 8.44. The Morgan fingerprint density at radius 3 is 2.67 bits per heavy atom. The third kappa shape index (κ3) is 3.90. The minimum Gasteiger partial charge on any atom is -0.355 e. The Bertz CT molecular complexity index is 673. The van der Waals surface area contributed by atoms with Gasteiger partial charge in [0, 0.05) is 44.5 Å². The average Bonchev–Trinajstić information content (AvgIpc) is 3.01. The van der Waals surface area contributed by atoms with Gasteiger partial charge in [-0.3, -0.25) is 4.79 Å². The first-order valence-electron chi connectivity index (χ1n) is 8.44. The van der Waals surface area contributed by atoms with Crippen LogP contribution in [0.5, 0.6) is 0 Å².